The second-order valence-electron chi connectivity index (χ2n) is 5.79. The third-order valence-electron chi connectivity index (χ3n) is 3.90. The minimum absolute atomic E-state index is 0.464. The van der Waals surface area contributed by atoms with E-state index in [9.17, 15) is 0 Å². The van der Waals surface area contributed by atoms with Crippen LogP contribution in [0.5, 0.6) is 0 Å². The molecule has 0 saturated carbocycles. The molecule has 2 rings (SSSR count). The van der Waals surface area contributed by atoms with Crippen LogP contribution in [0.15, 0.2) is 23.6 Å². The number of thiazole rings is 1. The molecule has 1 heterocycles. The van der Waals surface area contributed by atoms with Gasteiger partial charge in [-0.05, 0) is 56.8 Å². The van der Waals surface area contributed by atoms with Crippen molar-refractivity contribution in [1.29, 1.82) is 0 Å². The second kappa shape index (κ2) is 7.71. The fraction of sp³-hybridized carbons (Fsp3) is 0.500. The molecule has 0 saturated heterocycles. The number of benzene rings is 1. The SMILES string of the molecule is CCCNC(Cc1csc(C)n1)Cc1c(C)cccc1C. The normalized spacial score (nSPS) is 12.6. The van der Waals surface area contributed by atoms with Gasteiger partial charge in [0.2, 0.25) is 0 Å². The van der Waals surface area contributed by atoms with Gasteiger partial charge in [0.1, 0.15) is 0 Å². The molecule has 2 aromatic rings. The van der Waals surface area contributed by atoms with Crippen molar-refractivity contribution in [3.05, 3.63) is 51.0 Å². The number of aromatic nitrogens is 1. The molecule has 0 radical (unpaired) electrons. The number of nitrogens with one attached hydrogen (secondary N) is 1. The first-order valence-corrected chi connectivity index (χ1v) is 8.67. The maximum Gasteiger partial charge on any atom is 0.0897 e. The Kier molecular flexibility index (Phi) is 5.95. The molecule has 21 heavy (non-hydrogen) atoms. The Bertz CT molecular complexity index is 554. The van der Waals surface area contributed by atoms with Crippen molar-refractivity contribution in [2.45, 2.75) is 53.0 Å². The molecule has 1 aromatic carbocycles. The average Bonchev–Trinajstić information content (AvgIpc) is 2.85. The molecular formula is C18H26N2S. The van der Waals surface area contributed by atoms with Gasteiger partial charge in [-0.2, -0.15) is 0 Å². The first kappa shape index (κ1) is 16.2. The smallest absolute Gasteiger partial charge is 0.0897 e. The van der Waals surface area contributed by atoms with Gasteiger partial charge < -0.3 is 5.32 Å². The monoisotopic (exact) mass is 302 g/mol. The lowest BCUT2D eigenvalue weighted by molar-refractivity contribution is 0.499. The Labute approximate surface area is 132 Å². The standard InChI is InChI=1S/C18H26N2S/c1-5-9-19-16(10-17-12-21-15(4)20-17)11-18-13(2)7-6-8-14(18)3/h6-8,12,16,19H,5,9-11H2,1-4H3. The van der Waals surface area contributed by atoms with Crippen LogP contribution in [-0.4, -0.2) is 17.6 Å². The third-order valence-corrected chi connectivity index (χ3v) is 4.72. The molecule has 0 aliphatic heterocycles. The maximum atomic E-state index is 4.62. The Hall–Kier alpha value is -1.19. The topological polar surface area (TPSA) is 24.9 Å². The Balaban J connectivity index is 2.12. The molecular weight excluding hydrogens is 276 g/mol. The van der Waals surface area contributed by atoms with E-state index in [4.69, 9.17) is 0 Å². The first-order valence-electron chi connectivity index (χ1n) is 7.79. The average molecular weight is 302 g/mol. The van der Waals surface area contributed by atoms with E-state index < -0.39 is 0 Å². The molecule has 114 valence electrons. The Morgan fingerprint density at radius 3 is 2.43 bits per heavy atom. The van der Waals surface area contributed by atoms with Crippen LogP contribution in [0.3, 0.4) is 0 Å². The van der Waals surface area contributed by atoms with E-state index in [0.29, 0.717) is 6.04 Å². The van der Waals surface area contributed by atoms with E-state index in [1.165, 1.54) is 28.8 Å². The highest BCUT2D eigenvalue weighted by molar-refractivity contribution is 7.09. The van der Waals surface area contributed by atoms with Crippen molar-refractivity contribution in [3.8, 4) is 0 Å². The van der Waals surface area contributed by atoms with Crippen molar-refractivity contribution >= 4 is 11.3 Å². The lowest BCUT2D eigenvalue weighted by Crippen LogP contribution is -2.34. The van der Waals surface area contributed by atoms with Crippen LogP contribution in [0.2, 0.25) is 0 Å². The van der Waals surface area contributed by atoms with Gasteiger partial charge in [-0.1, -0.05) is 25.1 Å². The van der Waals surface area contributed by atoms with Crippen molar-refractivity contribution in [2.24, 2.45) is 0 Å². The molecule has 0 amide bonds. The van der Waals surface area contributed by atoms with Crippen LogP contribution in [0, 0.1) is 20.8 Å². The third kappa shape index (κ3) is 4.65. The van der Waals surface area contributed by atoms with Gasteiger partial charge >= 0.3 is 0 Å². The summed E-state index contributed by atoms with van der Waals surface area (Å²) in [7, 11) is 0. The fourth-order valence-electron chi connectivity index (χ4n) is 2.74. The van der Waals surface area contributed by atoms with Gasteiger partial charge in [0.25, 0.3) is 0 Å². The molecule has 0 bridgehead atoms. The lowest BCUT2D eigenvalue weighted by Gasteiger charge is -2.20. The Morgan fingerprint density at radius 1 is 1.14 bits per heavy atom. The molecule has 0 aliphatic carbocycles. The predicted molar refractivity (Wildman–Crippen MR) is 92.3 cm³/mol. The van der Waals surface area contributed by atoms with Crippen LogP contribution in [0.1, 0.15) is 40.7 Å². The summed E-state index contributed by atoms with van der Waals surface area (Å²) in [6.07, 6.45) is 3.26. The summed E-state index contributed by atoms with van der Waals surface area (Å²) in [6, 6.07) is 7.04. The molecule has 1 atom stereocenters. The molecule has 1 aromatic heterocycles. The summed E-state index contributed by atoms with van der Waals surface area (Å²) >= 11 is 1.74. The van der Waals surface area contributed by atoms with Crippen LogP contribution >= 0.6 is 11.3 Å². The molecule has 1 N–H and O–H groups in total. The van der Waals surface area contributed by atoms with Crippen LogP contribution in [0.25, 0.3) is 0 Å². The van der Waals surface area contributed by atoms with Crippen molar-refractivity contribution < 1.29 is 0 Å². The summed E-state index contributed by atoms with van der Waals surface area (Å²) in [5.74, 6) is 0. The molecule has 0 aliphatic rings. The highest BCUT2D eigenvalue weighted by Crippen LogP contribution is 2.18. The zero-order valence-electron chi connectivity index (χ0n) is 13.6. The molecule has 0 fully saturated rings. The van der Waals surface area contributed by atoms with Crippen molar-refractivity contribution in [2.75, 3.05) is 6.54 Å². The number of hydrogen-bond donors (Lipinski definition) is 1. The number of rotatable bonds is 7. The number of hydrogen-bond acceptors (Lipinski definition) is 3. The van der Waals surface area contributed by atoms with E-state index in [1.807, 2.05) is 0 Å². The van der Waals surface area contributed by atoms with Gasteiger partial charge in [0.05, 0.1) is 10.7 Å². The van der Waals surface area contributed by atoms with Gasteiger partial charge in [-0.25, -0.2) is 4.98 Å². The van der Waals surface area contributed by atoms with E-state index in [-0.39, 0.29) is 0 Å². The van der Waals surface area contributed by atoms with Gasteiger partial charge in [0.15, 0.2) is 0 Å². The summed E-state index contributed by atoms with van der Waals surface area (Å²) in [5.41, 5.74) is 5.50. The van der Waals surface area contributed by atoms with Gasteiger partial charge in [-0.3, -0.25) is 0 Å². The largest absolute Gasteiger partial charge is 0.313 e. The Morgan fingerprint density at radius 2 is 1.86 bits per heavy atom. The minimum Gasteiger partial charge on any atom is -0.313 e. The zero-order valence-corrected chi connectivity index (χ0v) is 14.4. The van der Waals surface area contributed by atoms with Gasteiger partial charge in [0, 0.05) is 17.8 Å². The van der Waals surface area contributed by atoms with Gasteiger partial charge in [-0.15, -0.1) is 11.3 Å². The molecule has 0 spiro atoms. The summed E-state index contributed by atoms with van der Waals surface area (Å²) in [6.45, 7) is 9.79. The minimum atomic E-state index is 0.464. The molecule has 2 nitrogen and oxygen atoms in total. The fourth-order valence-corrected chi connectivity index (χ4v) is 3.36. The summed E-state index contributed by atoms with van der Waals surface area (Å²) in [5, 5.41) is 7.05. The molecule has 3 heteroatoms. The van der Waals surface area contributed by atoms with Crippen molar-refractivity contribution in [1.82, 2.24) is 10.3 Å². The maximum absolute atomic E-state index is 4.62. The highest BCUT2D eigenvalue weighted by Gasteiger charge is 2.14. The summed E-state index contributed by atoms with van der Waals surface area (Å²) in [4.78, 5) is 4.62. The predicted octanol–water partition coefficient (Wildman–Crippen LogP) is 4.22. The number of aryl methyl sites for hydroxylation is 3. The van der Waals surface area contributed by atoms with E-state index in [1.54, 1.807) is 11.3 Å². The van der Waals surface area contributed by atoms with Crippen molar-refractivity contribution in [3.63, 3.8) is 0 Å². The van der Waals surface area contributed by atoms with E-state index in [0.717, 1.165) is 24.4 Å². The first-order chi connectivity index (χ1) is 10.1. The second-order valence-corrected chi connectivity index (χ2v) is 6.85. The highest BCUT2D eigenvalue weighted by atomic mass is 32.1. The molecule has 1 unspecified atom stereocenters. The zero-order chi connectivity index (χ0) is 15.2. The lowest BCUT2D eigenvalue weighted by atomic mass is 9.94. The van der Waals surface area contributed by atoms with E-state index in [2.05, 4.69) is 61.6 Å². The summed E-state index contributed by atoms with van der Waals surface area (Å²) < 4.78 is 0. The van der Waals surface area contributed by atoms with Crippen LogP contribution < -0.4 is 5.32 Å². The quantitative estimate of drug-likeness (QED) is 0.828. The number of nitrogens with zero attached hydrogens (tertiary/aromatic N) is 1. The van der Waals surface area contributed by atoms with E-state index >= 15 is 0 Å². The van der Waals surface area contributed by atoms with Crippen LogP contribution in [-0.2, 0) is 12.8 Å². The van der Waals surface area contributed by atoms with Crippen LogP contribution in [0.4, 0.5) is 0 Å².